The molecule has 0 saturated carbocycles. The molecule has 0 bridgehead atoms. The molecule has 0 aliphatic heterocycles. The number of ether oxygens (including phenoxy) is 1. The Morgan fingerprint density at radius 1 is 1.22 bits per heavy atom. The number of rotatable bonds is 1. The molecule has 1 heterocycles. The van der Waals surface area contributed by atoms with Crippen LogP contribution in [0.25, 0.3) is 20.9 Å². The SMILES string of the molecule is COC(=O)c1sc2ccc3ccccc3c2c1Cl. The van der Waals surface area contributed by atoms with E-state index in [-0.39, 0.29) is 5.97 Å². The molecule has 0 fully saturated rings. The first-order valence-electron chi connectivity index (χ1n) is 5.40. The Balaban J connectivity index is 2.44. The fraction of sp³-hybridized carbons (Fsp3) is 0.0714. The molecule has 0 spiro atoms. The Kier molecular flexibility index (Phi) is 2.73. The average molecular weight is 277 g/mol. The van der Waals surface area contributed by atoms with E-state index in [2.05, 4.69) is 0 Å². The lowest BCUT2D eigenvalue weighted by Crippen LogP contribution is -1.97. The van der Waals surface area contributed by atoms with Crippen molar-refractivity contribution < 1.29 is 9.53 Å². The van der Waals surface area contributed by atoms with Gasteiger partial charge in [0.15, 0.2) is 0 Å². The molecular formula is C14H9ClO2S. The maximum Gasteiger partial charge on any atom is 0.349 e. The Morgan fingerprint density at radius 3 is 2.78 bits per heavy atom. The molecule has 3 rings (SSSR count). The average Bonchev–Trinajstić information content (AvgIpc) is 2.76. The van der Waals surface area contributed by atoms with Gasteiger partial charge < -0.3 is 4.74 Å². The van der Waals surface area contributed by atoms with Gasteiger partial charge in [0.1, 0.15) is 4.88 Å². The highest BCUT2D eigenvalue weighted by Gasteiger charge is 2.18. The molecule has 2 aromatic carbocycles. The lowest BCUT2D eigenvalue weighted by molar-refractivity contribution is 0.0606. The zero-order valence-corrected chi connectivity index (χ0v) is 11.1. The minimum absolute atomic E-state index is 0.384. The number of methoxy groups -OCH3 is 1. The number of benzene rings is 2. The van der Waals surface area contributed by atoms with Crippen molar-refractivity contribution in [2.45, 2.75) is 0 Å². The Morgan fingerprint density at radius 2 is 2.00 bits per heavy atom. The van der Waals surface area contributed by atoms with Gasteiger partial charge in [-0.05, 0) is 16.8 Å². The van der Waals surface area contributed by atoms with Crippen LogP contribution in [-0.4, -0.2) is 13.1 Å². The molecule has 0 radical (unpaired) electrons. The Bertz CT molecular complexity index is 761. The standard InChI is InChI=1S/C14H9ClO2S/c1-17-14(16)13-12(15)11-9-5-3-2-4-8(9)6-7-10(11)18-13/h2-7H,1H3. The van der Waals surface area contributed by atoms with Crippen LogP contribution in [0.15, 0.2) is 36.4 Å². The third-order valence-electron chi connectivity index (χ3n) is 2.89. The minimum atomic E-state index is -0.384. The van der Waals surface area contributed by atoms with Crippen molar-refractivity contribution >= 4 is 49.8 Å². The van der Waals surface area contributed by atoms with Crippen LogP contribution in [0.2, 0.25) is 5.02 Å². The third-order valence-corrected chi connectivity index (χ3v) is 4.52. The van der Waals surface area contributed by atoms with E-state index in [0.29, 0.717) is 9.90 Å². The number of halogens is 1. The van der Waals surface area contributed by atoms with Crippen molar-refractivity contribution in [3.8, 4) is 0 Å². The summed E-state index contributed by atoms with van der Waals surface area (Å²) in [6.07, 6.45) is 0. The summed E-state index contributed by atoms with van der Waals surface area (Å²) in [5, 5.41) is 3.59. The molecular weight excluding hydrogens is 268 g/mol. The lowest BCUT2D eigenvalue weighted by atomic mass is 10.1. The molecule has 1 aromatic heterocycles. The fourth-order valence-corrected chi connectivity index (χ4v) is 3.54. The predicted molar refractivity (Wildman–Crippen MR) is 75.7 cm³/mol. The normalized spacial score (nSPS) is 11.0. The van der Waals surface area contributed by atoms with Crippen molar-refractivity contribution in [3.63, 3.8) is 0 Å². The first-order chi connectivity index (χ1) is 8.72. The van der Waals surface area contributed by atoms with Crippen LogP contribution < -0.4 is 0 Å². The van der Waals surface area contributed by atoms with E-state index < -0.39 is 0 Å². The maximum atomic E-state index is 11.6. The van der Waals surface area contributed by atoms with Crippen LogP contribution in [-0.2, 0) is 4.74 Å². The largest absolute Gasteiger partial charge is 0.465 e. The fourth-order valence-electron chi connectivity index (χ4n) is 2.06. The second-order valence-electron chi connectivity index (χ2n) is 3.90. The zero-order valence-electron chi connectivity index (χ0n) is 9.57. The zero-order chi connectivity index (χ0) is 12.7. The predicted octanol–water partition coefficient (Wildman–Crippen LogP) is 4.49. The number of esters is 1. The van der Waals surface area contributed by atoms with Crippen LogP contribution in [0.4, 0.5) is 0 Å². The maximum absolute atomic E-state index is 11.6. The van der Waals surface area contributed by atoms with Gasteiger partial charge in [0.25, 0.3) is 0 Å². The van der Waals surface area contributed by atoms with Crippen molar-refractivity contribution in [1.82, 2.24) is 0 Å². The van der Waals surface area contributed by atoms with E-state index in [1.807, 2.05) is 36.4 Å². The van der Waals surface area contributed by atoms with Gasteiger partial charge in [-0.1, -0.05) is 41.9 Å². The number of hydrogen-bond donors (Lipinski definition) is 0. The van der Waals surface area contributed by atoms with Gasteiger partial charge in [0, 0.05) is 10.1 Å². The molecule has 0 unspecified atom stereocenters. The van der Waals surface area contributed by atoms with Gasteiger partial charge in [-0.25, -0.2) is 4.79 Å². The summed E-state index contributed by atoms with van der Waals surface area (Å²) in [6, 6.07) is 12.0. The van der Waals surface area contributed by atoms with Gasteiger partial charge >= 0.3 is 5.97 Å². The highest BCUT2D eigenvalue weighted by Crippen LogP contribution is 2.39. The highest BCUT2D eigenvalue weighted by atomic mass is 35.5. The number of fused-ring (bicyclic) bond motifs is 3. The Labute approximate surface area is 113 Å². The summed E-state index contributed by atoms with van der Waals surface area (Å²) < 4.78 is 5.74. The van der Waals surface area contributed by atoms with E-state index in [9.17, 15) is 4.79 Å². The van der Waals surface area contributed by atoms with Crippen LogP contribution in [0.1, 0.15) is 9.67 Å². The molecule has 4 heteroatoms. The molecule has 0 aliphatic carbocycles. The van der Waals surface area contributed by atoms with Crippen LogP contribution in [0.3, 0.4) is 0 Å². The molecule has 2 nitrogen and oxygen atoms in total. The number of carbonyl (C=O) groups excluding carboxylic acids is 1. The minimum Gasteiger partial charge on any atom is -0.465 e. The van der Waals surface area contributed by atoms with E-state index in [1.54, 1.807) is 0 Å². The second-order valence-corrected chi connectivity index (χ2v) is 5.33. The quantitative estimate of drug-likeness (QED) is 0.612. The van der Waals surface area contributed by atoms with E-state index >= 15 is 0 Å². The summed E-state index contributed by atoms with van der Waals surface area (Å²) in [6.45, 7) is 0. The molecule has 3 aromatic rings. The molecule has 18 heavy (non-hydrogen) atoms. The third kappa shape index (κ3) is 1.59. The molecule has 0 atom stereocenters. The molecule has 0 saturated heterocycles. The summed E-state index contributed by atoms with van der Waals surface area (Å²) in [7, 11) is 1.36. The second kappa shape index (κ2) is 4.26. The van der Waals surface area contributed by atoms with Gasteiger partial charge in [0.05, 0.1) is 12.1 Å². The van der Waals surface area contributed by atoms with Gasteiger partial charge in [-0.15, -0.1) is 11.3 Å². The molecule has 0 amide bonds. The van der Waals surface area contributed by atoms with Crippen molar-refractivity contribution in [1.29, 1.82) is 0 Å². The topological polar surface area (TPSA) is 26.3 Å². The van der Waals surface area contributed by atoms with Crippen molar-refractivity contribution in [2.24, 2.45) is 0 Å². The first kappa shape index (κ1) is 11.5. The summed E-state index contributed by atoms with van der Waals surface area (Å²) in [5.41, 5.74) is 0. The van der Waals surface area contributed by atoms with Gasteiger partial charge in [0.2, 0.25) is 0 Å². The lowest BCUT2D eigenvalue weighted by Gasteiger charge is -1.99. The van der Waals surface area contributed by atoms with E-state index in [0.717, 1.165) is 20.9 Å². The van der Waals surface area contributed by atoms with E-state index in [1.165, 1.54) is 18.4 Å². The molecule has 0 aliphatic rings. The molecule has 90 valence electrons. The van der Waals surface area contributed by atoms with Gasteiger partial charge in [-0.3, -0.25) is 0 Å². The summed E-state index contributed by atoms with van der Waals surface area (Å²) in [4.78, 5) is 12.1. The van der Waals surface area contributed by atoms with E-state index in [4.69, 9.17) is 16.3 Å². The first-order valence-corrected chi connectivity index (χ1v) is 6.60. The highest BCUT2D eigenvalue weighted by molar-refractivity contribution is 7.21. The number of hydrogen-bond acceptors (Lipinski definition) is 3. The van der Waals surface area contributed by atoms with Crippen molar-refractivity contribution in [3.05, 3.63) is 46.3 Å². The summed E-state index contributed by atoms with van der Waals surface area (Å²) in [5.74, 6) is -0.384. The smallest absolute Gasteiger partial charge is 0.349 e. The number of carbonyl (C=O) groups is 1. The van der Waals surface area contributed by atoms with Crippen LogP contribution in [0, 0.1) is 0 Å². The van der Waals surface area contributed by atoms with Gasteiger partial charge in [-0.2, -0.15) is 0 Å². The van der Waals surface area contributed by atoms with Crippen LogP contribution >= 0.6 is 22.9 Å². The monoisotopic (exact) mass is 276 g/mol. The van der Waals surface area contributed by atoms with Crippen molar-refractivity contribution in [2.75, 3.05) is 7.11 Å². The number of thiophene rings is 1. The molecule has 0 N–H and O–H groups in total. The summed E-state index contributed by atoms with van der Waals surface area (Å²) >= 11 is 7.68. The van der Waals surface area contributed by atoms with Crippen LogP contribution in [0.5, 0.6) is 0 Å². The Hall–Kier alpha value is -1.58.